The van der Waals surface area contributed by atoms with Crippen molar-refractivity contribution < 1.29 is 14.4 Å². The third kappa shape index (κ3) is 5.70. The molecule has 0 aliphatic carbocycles. The lowest BCUT2D eigenvalue weighted by atomic mass is 9.97. The summed E-state index contributed by atoms with van der Waals surface area (Å²) in [6.45, 7) is 6.42. The predicted molar refractivity (Wildman–Crippen MR) is 105 cm³/mol. The number of amides is 4. The molecule has 148 valence electrons. The van der Waals surface area contributed by atoms with E-state index in [1.54, 1.807) is 29.0 Å². The summed E-state index contributed by atoms with van der Waals surface area (Å²) in [4.78, 5) is 40.1. The van der Waals surface area contributed by atoms with Crippen molar-refractivity contribution in [1.29, 1.82) is 0 Å². The Morgan fingerprint density at radius 2 is 1.81 bits per heavy atom. The molecule has 1 aliphatic rings. The molecule has 1 atom stereocenters. The van der Waals surface area contributed by atoms with Gasteiger partial charge >= 0.3 is 6.03 Å². The molecule has 0 aromatic heterocycles. The highest BCUT2D eigenvalue weighted by Gasteiger charge is 2.30. The van der Waals surface area contributed by atoms with Gasteiger partial charge in [-0.2, -0.15) is 0 Å². The molecule has 0 bridgehead atoms. The van der Waals surface area contributed by atoms with Crippen LogP contribution in [0.2, 0.25) is 0 Å². The van der Waals surface area contributed by atoms with E-state index < -0.39 is 0 Å². The Kier molecular flexibility index (Phi) is 7.64. The van der Waals surface area contributed by atoms with Crippen molar-refractivity contribution in [2.75, 3.05) is 38.5 Å². The third-order valence-electron chi connectivity index (χ3n) is 4.96. The monoisotopic (exact) mass is 374 g/mol. The molecule has 1 aromatic rings. The van der Waals surface area contributed by atoms with Gasteiger partial charge < -0.3 is 20.4 Å². The summed E-state index contributed by atoms with van der Waals surface area (Å²) >= 11 is 0. The van der Waals surface area contributed by atoms with Gasteiger partial charge in [0.05, 0.1) is 12.3 Å². The summed E-state index contributed by atoms with van der Waals surface area (Å²) in [7, 11) is 1.61. The van der Waals surface area contributed by atoms with E-state index in [2.05, 4.69) is 10.6 Å². The summed E-state index contributed by atoms with van der Waals surface area (Å²) in [5.74, 6) is -0.318. The summed E-state index contributed by atoms with van der Waals surface area (Å²) in [5, 5.41) is 5.52. The van der Waals surface area contributed by atoms with Crippen LogP contribution in [0.3, 0.4) is 0 Å². The lowest BCUT2D eigenvalue weighted by molar-refractivity contribution is -0.121. The van der Waals surface area contributed by atoms with Gasteiger partial charge in [-0.3, -0.25) is 9.59 Å². The number of hydrogen-bond donors (Lipinski definition) is 2. The molecule has 1 aliphatic heterocycles. The van der Waals surface area contributed by atoms with Crippen LogP contribution in [0.5, 0.6) is 0 Å². The van der Waals surface area contributed by atoms with Crippen molar-refractivity contribution in [2.24, 2.45) is 5.92 Å². The number of hydrogen-bond acceptors (Lipinski definition) is 3. The molecule has 2 rings (SSSR count). The molecule has 7 nitrogen and oxygen atoms in total. The number of likely N-dealkylation sites (tertiary alicyclic amines) is 1. The van der Waals surface area contributed by atoms with Crippen LogP contribution in [0.25, 0.3) is 0 Å². The van der Waals surface area contributed by atoms with Crippen molar-refractivity contribution in [3.05, 3.63) is 29.8 Å². The zero-order chi connectivity index (χ0) is 19.8. The van der Waals surface area contributed by atoms with E-state index >= 15 is 0 Å². The summed E-state index contributed by atoms with van der Waals surface area (Å²) < 4.78 is 0. The number of nitrogens with zero attached hydrogens (tertiary/aromatic N) is 2. The minimum absolute atomic E-state index is 0.0102. The Bertz CT molecular complexity index is 656. The molecule has 0 spiro atoms. The van der Waals surface area contributed by atoms with Crippen LogP contribution < -0.4 is 10.6 Å². The van der Waals surface area contributed by atoms with Crippen LogP contribution in [-0.2, 0) is 16.0 Å². The average molecular weight is 374 g/mol. The number of benzene rings is 1. The molecule has 1 aromatic carbocycles. The molecule has 1 fully saturated rings. The topological polar surface area (TPSA) is 81.8 Å². The van der Waals surface area contributed by atoms with Crippen molar-refractivity contribution >= 4 is 23.5 Å². The lowest BCUT2D eigenvalue weighted by Gasteiger charge is -2.35. The second-order valence-electron chi connectivity index (χ2n) is 6.78. The molecule has 2 N–H and O–H groups in total. The van der Waals surface area contributed by atoms with E-state index in [0.29, 0.717) is 38.3 Å². The van der Waals surface area contributed by atoms with E-state index in [1.165, 1.54) is 0 Å². The smallest absolute Gasteiger partial charge is 0.320 e. The van der Waals surface area contributed by atoms with Crippen LogP contribution in [0.4, 0.5) is 10.5 Å². The first kappa shape index (κ1) is 20.7. The van der Waals surface area contributed by atoms with Gasteiger partial charge in [-0.25, -0.2) is 4.79 Å². The fourth-order valence-corrected chi connectivity index (χ4v) is 3.28. The molecule has 0 radical (unpaired) electrons. The molecule has 1 saturated heterocycles. The van der Waals surface area contributed by atoms with Crippen molar-refractivity contribution in [3.8, 4) is 0 Å². The maximum absolute atomic E-state index is 12.6. The molecular formula is C20H30N4O3. The SMILES string of the molecule is CCN(CC)C(=O)N1CCCC(C(=O)Nc2ccc(CC(=O)NC)cc2)C1. The first-order chi connectivity index (χ1) is 13.0. The molecule has 1 unspecified atom stereocenters. The second kappa shape index (κ2) is 9.94. The van der Waals surface area contributed by atoms with Gasteiger partial charge in [0.2, 0.25) is 11.8 Å². The Morgan fingerprint density at radius 1 is 1.15 bits per heavy atom. The standard InChI is InChI=1S/C20H30N4O3/c1-4-23(5-2)20(27)24-12-6-7-16(14-24)19(26)22-17-10-8-15(9-11-17)13-18(25)21-3/h8-11,16H,4-7,12-14H2,1-3H3,(H,21,25)(H,22,26). The van der Waals surface area contributed by atoms with Crippen molar-refractivity contribution in [2.45, 2.75) is 33.1 Å². The van der Waals surface area contributed by atoms with E-state index in [-0.39, 0.29) is 23.8 Å². The van der Waals surface area contributed by atoms with Gasteiger partial charge in [0.25, 0.3) is 0 Å². The number of piperidine rings is 1. The molecule has 4 amide bonds. The van der Waals surface area contributed by atoms with E-state index in [4.69, 9.17) is 0 Å². The zero-order valence-electron chi connectivity index (χ0n) is 16.5. The van der Waals surface area contributed by atoms with Gasteiger partial charge in [-0.1, -0.05) is 12.1 Å². The molecule has 7 heteroatoms. The number of carbonyl (C=O) groups excluding carboxylic acids is 3. The van der Waals surface area contributed by atoms with Crippen molar-refractivity contribution in [3.63, 3.8) is 0 Å². The van der Waals surface area contributed by atoms with E-state index in [0.717, 1.165) is 18.4 Å². The van der Waals surface area contributed by atoms with Crippen molar-refractivity contribution in [1.82, 2.24) is 15.1 Å². The molecule has 27 heavy (non-hydrogen) atoms. The molecule has 0 saturated carbocycles. The van der Waals surface area contributed by atoms with Gasteiger partial charge in [-0.15, -0.1) is 0 Å². The molecule has 1 heterocycles. The minimum Gasteiger partial charge on any atom is -0.359 e. The minimum atomic E-state index is -0.205. The van der Waals surface area contributed by atoms with Gasteiger partial charge in [0.15, 0.2) is 0 Å². The molecular weight excluding hydrogens is 344 g/mol. The van der Waals surface area contributed by atoms with Gasteiger partial charge in [0, 0.05) is 38.9 Å². The highest BCUT2D eigenvalue weighted by molar-refractivity contribution is 5.93. The van der Waals surface area contributed by atoms with Crippen LogP contribution in [-0.4, -0.2) is 60.9 Å². The normalized spacial score (nSPS) is 16.6. The van der Waals surface area contributed by atoms with E-state index in [1.807, 2.05) is 26.0 Å². The highest BCUT2D eigenvalue weighted by Crippen LogP contribution is 2.20. The Morgan fingerprint density at radius 3 is 2.41 bits per heavy atom. The number of anilines is 1. The highest BCUT2D eigenvalue weighted by atomic mass is 16.2. The Labute approximate surface area is 161 Å². The first-order valence-electron chi connectivity index (χ1n) is 9.62. The number of nitrogens with one attached hydrogen (secondary N) is 2. The van der Waals surface area contributed by atoms with Gasteiger partial charge in [-0.05, 0) is 44.4 Å². The summed E-state index contributed by atoms with van der Waals surface area (Å²) in [6.07, 6.45) is 1.93. The number of likely N-dealkylation sites (N-methyl/N-ethyl adjacent to an activating group) is 1. The fraction of sp³-hybridized carbons (Fsp3) is 0.550. The number of carbonyl (C=O) groups is 3. The third-order valence-corrected chi connectivity index (χ3v) is 4.96. The number of rotatable bonds is 6. The lowest BCUT2D eigenvalue weighted by Crippen LogP contribution is -2.49. The van der Waals surface area contributed by atoms with Gasteiger partial charge in [0.1, 0.15) is 0 Å². The van der Waals surface area contributed by atoms with Crippen LogP contribution in [0, 0.1) is 5.92 Å². The van der Waals surface area contributed by atoms with Crippen LogP contribution in [0.1, 0.15) is 32.3 Å². The summed E-state index contributed by atoms with van der Waals surface area (Å²) in [5.41, 5.74) is 1.59. The Hall–Kier alpha value is -2.57. The largest absolute Gasteiger partial charge is 0.359 e. The predicted octanol–water partition coefficient (Wildman–Crippen LogP) is 2.09. The second-order valence-corrected chi connectivity index (χ2v) is 6.78. The summed E-state index contributed by atoms with van der Waals surface area (Å²) in [6, 6.07) is 7.29. The van der Waals surface area contributed by atoms with Crippen LogP contribution >= 0.6 is 0 Å². The average Bonchev–Trinajstić information content (AvgIpc) is 2.70. The van der Waals surface area contributed by atoms with E-state index in [9.17, 15) is 14.4 Å². The van der Waals surface area contributed by atoms with Crippen LogP contribution in [0.15, 0.2) is 24.3 Å². The first-order valence-corrected chi connectivity index (χ1v) is 9.62. The Balaban J connectivity index is 1.93. The quantitative estimate of drug-likeness (QED) is 0.800. The fourth-order valence-electron chi connectivity index (χ4n) is 3.28. The maximum atomic E-state index is 12.6. The number of urea groups is 1. The maximum Gasteiger partial charge on any atom is 0.320 e. The zero-order valence-corrected chi connectivity index (χ0v) is 16.5.